The highest BCUT2D eigenvalue weighted by Crippen LogP contribution is 2.28. The zero-order chi connectivity index (χ0) is 11.7. The van der Waals surface area contributed by atoms with Crippen molar-refractivity contribution in [2.24, 2.45) is 0 Å². The van der Waals surface area contributed by atoms with Gasteiger partial charge in [0.05, 0.1) is 11.6 Å². The summed E-state index contributed by atoms with van der Waals surface area (Å²) in [6.45, 7) is 0. The minimum absolute atomic E-state index is 0.608. The quantitative estimate of drug-likeness (QED) is 0.860. The van der Waals surface area contributed by atoms with Gasteiger partial charge in [-0.1, -0.05) is 19.3 Å². The maximum absolute atomic E-state index is 4.41. The van der Waals surface area contributed by atoms with Crippen molar-refractivity contribution in [3.63, 3.8) is 0 Å². The fourth-order valence-corrected chi connectivity index (χ4v) is 2.67. The zero-order valence-electron chi connectivity index (χ0n) is 10.1. The minimum atomic E-state index is 0.608. The van der Waals surface area contributed by atoms with E-state index in [0.717, 1.165) is 16.9 Å². The summed E-state index contributed by atoms with van der Waals surface area (Å²) in [5.41, 5.74) is 0.817. The molecule has 2 aromatic rings. The molecule has 0 bridgehead atoms. The molecular formula is C12H17N5. The molecule has 0 amide bonds. The van der Waals surface area contributed by atoms with E-state index < -0.39 is 0 Å². The molecule has 5 nitrogen and oxygen atoms in total. The fourth-order valence-electron chi connectivity index (χ4n) is 2.67. The summed E-state index contributed by atoms with van der Waals surface area (Å²) in [6.07, 6.45) is 9.97. The Balaban J connectivity index is 1.94. The first-order valence-electron chi connectivity index (χ1n) is 6.23. The van der Waals surface area contributed by atoms with E-state index in [-0.39, 0.29) is 0 Å². The van der Waals surface area contributed by atoms with E-state index in [2.05, 4.69) is 32.1 Å². The van der Waals surface area contributed by atoms with Crippen LogP contribution in [0.1, 0.15) is 32.1 Å². The van der Waals surface area contributed by atoms with Crippen molar-refractivity contribution in [3.05, 3.63) is 12.5 Å². The number of hydrogen-bond donors (Lipinski definition) is 1. The minimum Gasteiger partial charge on any atom is -0.356 e. The second-order valence-electron chi connectivity index (χ2n) is 4.73. The van der Waals surface area contributed by atoms with Gasteiger partial charge in [-0.25, -0.2) is 9.97 Å². The molecule has 1 fully saturated rings. The summed E-state index contributed by atoms with van der Waals surface area (Å²) >= 11 is 0. The van der Waals surface area contributed by atoms with Gasteiger partial charge in [0.2, 0.25) is 0 Å². The molecule has 1 aliphatic carbocycles. The van der Waals surface area contributed by atoms with E-state index in [1.165, 1.54) is 32.1 Å². The highest BCUT2D eigenvalue weighted by atomic mass is 15.2. The zero-order valence-corrected chi connectivity index (χ0v) is 10.1. The van der Waals surface area contributed by atoms with E-state index in [1.807, 2.05) is 6.20 Å². The summed E-state index contributed by atoms with van der Waals surface area (Å²) < 4.78 is 0. The topological polar surface area (TPSA) is 57.7 Å². The highest BCUT2D eigenvalue weighted by molar-refractivity contribution is 5.86. The number of nitrogens with zero attached hydrogens (tertiary/aromatic N) is 4. The summed E-state index contributed by atoms with van der Waals surface area (Å²) in [4.78, 5) is 10.9. The number of aromatic nitrogens is 4. The average Bonchev–Trinajstić information content (AvgIpc) is 2.87. The summed E-state index contributed by atoms with van der Waals surface area (Å²) in [7, 11) is 2.13. The maximum atomic E-state index is 4.41. The Hall–Kier alpha value is -1.65. The Morgan fingerprint density at radius 2 is 2.06 bits per heavy atom. The van der Waals surface area contributed by atoms with Crippen LogP contribution in [0.2, 0.25) is 0 Å². The Morgan fingerprint density at radius 1 is 1.24 bits per heavy atom. The molecule has 17 heavy (non-hydrogen) atoms. The van der Waals surface area contributed by atoms with Gasteiger partial charge >= 0.3 is 0 Å². The van der Waals surface area contributed by atoms with E-state index >= 15 is 0 Å². The SMILES string of the molecule is CN(c1ncnc2[nH]ncc12)C1CCCCC1. The third kappa shape index (κ3) is 1.85. The van der Waals surface area contributed by atoms with Gasteiger partial charge in [-0.3, -0.25) is 5.10 Å². The van der Waals surface area contributed by atoms with Gasteiger partial charge in [0.25, 0.3) is 0 Å². The van der Waals surface area contributed by atoms with Crippen LogP contribution in [0.4, 0.5) is 5.82 Å². The van der Waals surface area contributed by atoms with Crippen molar-refractivity contribution >= 4 is 16.9 Å². The number of nitrogens with one attached hydrogen (secondary N) is 1. The Bertz CT molecular complexity index is 500. The molecule has 0 radical (unpaired) electrons. The van der Waals surface area contributed by atoms with Crippen LogP contribution in [0.5, 0.6) is 0 Å². The predicted octanol–water partition coefficient (Wildman–Crippen LogP) is 2.12. The molecule has 0 aromatic carbocycles. The van der Waals surface area contributed by atoms with Crippen LogP contribution in [-0.4, -0.2) is 33.3 Å². The molecule has 2 heterocycles. The normalized spacial score (nSPS) is 17.5. The fraction of sp³-hybridized carbons (Fsp3) is 0.583. The van der Waals surface area contributed by atoms with E-state index in [0.29, 0.717) is 6.04 Å². The van der Waals surface area contributed by atoms with Gasteiger partial charge in [-0.05, 0) is 12.8 Å². The molecule has 1 saturated carbocycles. The maximum Gasteiger partial charge on any atom is 0.160 e. The van der Waals surface area contributed by atoms with Crippen LogP contribution in [0, 0.1) is 0 Å². The number of aromatic amines is 1. The predicted molar refractivity (Wildman–Crippen MR) is 67.0 cm³/mol. The Kier molecular flexibility index (Phi) is 2.66. The molecule has 0 aliphatic heterocycles. The van der Waals surface area contributed by atoms with Crippen LogP contribution in [-0.2, 0) is 0 Å². The van der Waals surface area contributed by atoms with E-state index in [1.54, 1.807) is 6.33 Å². The number of hydrogen-bond acceptors (Lipinski definition) is 4. The van der Waals surface area contributed by atoms with Gasteiger partial charge in [0.15, 0.2) is 5.65 Å². The van der Waals surface area contributed by atoms with Crippen molar-refractivity contribution in [1.82, 2.24) is 20.2 Å². The van der Waals surface area contributed by atoms with Gasteiger partial charge < -0.3 is 4.90 Å². The molecule has 0 saturated heterocycles. The van der Waals surface area contributed by atoms with Crippen LogP contribution >= 0.6 is 0 Å². The molecule has 2 aromatic heterocycles. The van der Waals surface area contributed by atoms with Crippen molar-refractivity contribution < 1.29 is 0 Å². The summed E-state index contributed by atoms with van der Waals surface area (Å²) in [5.74, 6) is 0.996. The third-order valence-electron chi connectivity index (χ3n) is 3.68. The van der Waals surface area contributed by atoms with Crippen molar-refractivity contribution in [2.45, 2.75) is 38.1 Å². The Labute approximate surface area is 100 Å². The van der Waals surface area contributed by atoms with E-state index in [4.69, 9.17) is 0 Å². The number of rotatable bonds is 2. The lowest BCUT2D eigenvalue weighted by atomic mass is 9.94. The second-order valence-corrected chi connectivity index (χ2v) is 4.73. The second kappa shape index (κ2) is 4.31. The van der Waals surface area contributed by atoms with E-state index in [9.17, 15) is 0 Å². The van der Waals surface area contributed by atoms with Crippen LogP contribution in [0.25, 0.3) is 11.0 Å². The first kappa shape index (κ1) is 10.5. The van der Waals surface area contributed by atoms with Crippen LogP contribution in [0.15, 0.2) is 12.5 Å². The number of H-pyrrole nitrogens is 1. The molecule has 90 valence electrons. The van der Waals surface area contributed by atoms with Crippen molar-refractivity contribution in [3.8, 4) is 0 Å². The number of anilines is 1. The monoisotopic (exact) mass is 231 g/mol. The van der Waals surface area contributed by atoms with Crippen LogP contribution < -0.4 is 4.90 Å². The highest BCUT2D eigenvalue weighted by Gasteiger charge is 2.21. The average molecular weight is 231 g/mol. The molecular weight excluding hydrogens is 214 g/mol. The molecule has 0 spiro atoms. The molecule has 5 heteroatoms. The largest absolute Gasteiger partial charge is 0.356 e. The van der Waals surface area contributed by atoms with Crippen molar-refractivity contribution in [1.29, 1.82) is 0 Å². The standard InChI is InChI=1S/C12H17N5/c1-17(9-5-3-2-4-6-9)12-10-7-15-16-11(10)13-8-14-12/h7-9H,2-6H2,1H3,(H,13,14,15,16). The molecule has 0 atom stereocenters. The lowest BCUT2D eigenvalue weighted by molar-refractivity contribution is 0.426. The first-order valence-corrected chi connectivity index (χ1v) is 6.23. The molecule has 3 rings (SSSR count). The first-order chi connectivity index (χ1) is 8.36. The lowest BCUT2D eigenvalue weighted by Gasteiger charge is -2.32. The van der Waals surface area contributed by atoms with Gasteiger partial charge in [-0.2, -0.15) is 5.10 Å². The van der Waals surface area contributed by atoms with Gasteiger partial charge in [-0.15, -0.1) is 0 Å². The van der Waals surface area contributed by atoms with Crippen LogP contribution in [0.3, 0.4) is 0 Å². The molecule has 1 N–H and O–H groups in total. The lowest BCUT2D eigenvalue weighted by Crippen LogP contribution is -2.34. The Morgan fingerprint density at radius 3 is 2.88 bits per heavy atom. The summed E-state index contributed by atoms with van der Waals surface area (Å²) in [5, 5.41) is 7.94. The third-order valence-corrected chi connectivity index (χ3v) is 3.68. The molecule has 1 aliphatic rings. The summed E-state index contributed by atoms with van der Waals surface area (Å²) in [6, 6.07) is 0.608. The van der Waals surface area contributed by atoms with Gasteiger partial charge in [0.1, 0.15) is 12.1 Å². The van der Waals surface area contributed by atoms with Crippen molar-refractivity contribution in [2.75, 3.05) is 11.9 Å². The molecule has 0 unspecified atom stereocenters. The number of fused-ring (bicyclic) bond motifs is 1. The smallest absolute Gasteiger partial charge is 0.160 e. The van der Waals surface area contributed by atoms with Gasteiger partial charge in [0, 0.05) is 13.1 Å².